The molecule has 0 aliphatic carbocycles. The van der Waals surface area contributed by atoms with Crippen LogP contribution in [0.25, 0.3) is 0 Å². The molecule has 0 saturated heterocycles. The van der Waals surface area contributed by atoms with E-state index in [4.69, 9.17) is 14.2 Å². The molecule has 2 aromatic rings. The molecular formula is C23H30N2O5S. The largest absolute Gasteiger partial charge is 0.493 e. The van der Waals surface area contributed by atoms with Gasteiger partial charge in [-0.3, -0.25) is 4.79 Å². The number of hydrogen-bond donors (Lipinski definition) is 2. The zero-order chi connectivity index (χ0) is 22.6. The van der Waals surface area contributed by atoms with Crippen LogP contribution in [0.15, 0.2) is 48.5 Å². The Labute approximate surface area is 187 Å². The van der Waals surface area contributed by atoms with E-state index in [1.807, 2.05) is 62.4 Å². The summed E-state index contributed by atoms with van der Waals surface area (Å²) < 4.78 is 15.8. The first-order valence-corrected chi connectivity index (χ1v) is 11.0. The number of methoxy groups -OCH3 is 2. The predicted octanol–water partition coefficient (Wildman–Crippen LogP) is 3.76. The maximum absolute atomic E-state index is 12.7. The maximum atomic E-state index is 12.7. The molecule has 8 heteroatoms. The fourth-order valence-electron chi connectivity index (χ4n) is 2.76. The van der Waals surface area contributed by atoms with Crippen molar-refractivity contribution in [2.24, 2.45) is 0 Å². The third kappa shape index (κ3) is 8.41. The summed E-state index contributed by atoms with van der Waals surface area (Å²) in [6, 6.07) is 15.0. The van der Waals surface area contributed by atoms with Crippen molar-refractivity contribution in [1.29, 1.82) is 0 Å². The smallest absolute Gasteiger partial charge is 0.408 e. The summed E-state index contributed by atoms with van der Waals surface area (Å²) in [7, 11) is 3.17. The van der Waals surface area contributed by atoms with Gasteiger partial charge in [-0.15, -0.1) is 11.8 Å². The fourth-order valence-corrected chi connectivity index (χ4v) is 3.68. The minimum absolute atomic E-state index is 0.145. The van der Waals surface area contributed by atoms with Gasteiger partial charge in [0.2, 0.25) is 0 Å². The monoisotopic (exact) mass is 446 g/mol. The molecule has 0 aromatic heterocycles. The molecule has 0 radical (unpaired) electrons. The molecule has 1 atom stereocenters. The van der Waals surface area contributed by atoms with Crippen LogP contribution in [-0.4, -0.2) is 43.4 Å². The van der Waals surface area contributed by atoms with Crippen molar-refractivity contribution in [1.82, 2.24) is 10.6 Å². The number of hydrogen-bond acceptors (Lipinski definition) is 6. The Morgan fingerprint density at radius 2 is 1.68 bits per heavy atom. The number of carbonyl (C=O) groups excluding carboxylic acids is 2. The third-order valence-electron chi connectivity index (χ3n) is 4.27. The normalized spacial score (nSPS) is 11.5. The summed E-state index contributed by atoms with van der Waals surface area (Å²) in [6.07, 6.45) is -0.0130. The van der Waals surface area contributed by atoms with Gasteiger partial charge in [-0.05, 0) is 29.7 Å². The van der Waals surface area contributed by atoms with E-state index in [9.17, 15) is 9.59 Å². The topological polar surface area (TPSA) is 85.9 Å². The number of nitrogens with one attached hydrogen (secondary N) is 2. The van der Waals surface area contributed by atoms with E-state index in [0.29, 0.717) is 24.5 Å². The Morgan fingerprint density at radius 1 is 0.968 bits per heavy atom. The van der Waals surface area contributed by atoms with E-state index in [-0.39, 0.29) is 17.8 Å². The van der Waals surface area contributed by atoms with E-state index in [0.717, 1.165) is 11.1 Å². The first-order valence-electron chi connectivity index (χ1n) is 10.0. The molecule has 0 heterocycles. The molecular weight excluding hydrogens is 416 g/mol. The van der Waals surface area contributed by atoms with E-state index in [1.54, 1.807) is 14.2 Å². The van der Waals surface area contributed by atoms with E-state index in [1.165, 1.54) is 11.8 Å². The van der Waals surface area contributed by atoms with Crippen LogP contribution in [0.2, 0.25) is 0 Å². The Balaban J connectivity index is 1.86. The summed E-state index contributed by atoms with van der Waals surface area (Å²) in [4.78, 5) is 24.8. The SMILES string of the molecule is COc1ccc(CCNC(=O)C(NC(=O)OCc2ccccc2)SC(C)C)cc1OC. The lowest BCUT2D eigenvalue weighted by atomic mass is 10.1. The quantitative estimate of drug-likeness (QED) is 0.511. The van der Waals surface area contributed by atoms with Crippen molar-refractivity contribution in [2.75, 3.05) is 20.8 Å². The van der Waals surface area contributed by atoms with Crippen LogP contribution in [-0.2, 0) is 22.6 Å². The van der Waals surface area contributed by atoms with E-state index >= 15 is 0 Å². The highest BCUT2D eigenvalue weighted by Gasteiger charge is 2.23. The number of amides is 2. The fraction of sp³-hybridized carbons (Fsp3) is 0.391. The molecule has 168 valence electrons. The van der Waals surface area contributed by atoms with Crippen LogP contribution < -0.4 is 20.1 Å². The first-order chi connectivity index (χ1) is 14.9. The van der Waals surface area contributed by atoms with Crippen molar-refractivity contribution >= 4 is 23.8 Å². The molecule has 2 aromatic carbocycles. The molecule has 0 aliphatic rings. The average molecular weight is 447 g/mol. The van der Waals surface area contributed by atoms with Crippen molar-refractivity contribution in [3.63, 3.8) is 0 Å². The highest BCUT2D eigenvalue weighted by molar-refractivity contribution is 8.01. The van der Waals surface area contributed by atoms with Crippen molar-refractivity contribution in [3.05, 3.63) is 59.7 Å². The summed E-state index contributed by atoms with van der Waals surface area (Å²) >= 11 is 1.35. The van der Waals surface area contributed by atoms with Gasteiger partial charge in [0, 0.05) is 11.8 Å². The van der Waals surface area contributed by atoms with Crippen LogP contribution in [0.4, 0.5) is 4.79 Å². The molecule has 31 heavy (non-hydrogen) atoms. The van der Waals surface area contributed by atoms with Gasteiger partial charge in [-0.2, -0.15) is 0 Å². The maximum Gasteiger partial charge on any atom is 0.408 e. The number of thioether (sulfide) groups is 1. The van der Waals surface area contributed by atoms with Gasteiger partial charge in [0.25, 0.3) is 5.91 Å². The van der Waals surface area contributed by atoms with Crippen molar-refractivity contribution in [2.45, 2.75) is 37.5 Å². The summed E-state index contributed by atoms with van der Waals surface area (Å²) in [5.74, 6) is 1.03. The van der Waals surface area contributed by atoms with Gasteiger partial charge in [-0.25, -0.2) is 4.79 Å². The summed E-state index contributed by atoms with van der Waals surface area (Å²) in [5.41, 5.74) is 1.88. The zero-order valence-corrected chi connectivity index (χ0v) is 19.2. The highest BCUT2D eigenvalue weighted by atomic mass is 32.2. The van der Waals surface area contributed by atoms with Gasteiger partial charge in [-0.1, -0.05) is 50.2 Å². The van der Waals surface area contributed by atoms with Gasteiger partial charge in [0.15, 0.2) is 16.9 Å². The Kier molecular flexibility index (Phi) is 10.0. The highest BCUT2D eigenvalue weighted by Crippen LogP contribution is 2.27. The van der Waals surface area contributed by atoms with Crippen LogP contribution >= 0.6 is 11.8 Å². The second-order valence-electron chi connectivity index (χ2n) is 7.00. The van der Waals surface area contributed by atoms with Crippen LogP contribution in [0.5, 0.6) is 11.5 Å². The lowest BCUT2D eigenvalue weighted by Gasteiger charge is -2.19. The predicted molar refractivity (Wildman–Crippen MR) is 123 cm³/mol. The Hall–Kier alpha value is -2.87. The minimum atomic E-state index is -0.742. The van der Waals surface area contributed by atoms with Gasteiger partial charge < -0.3 is 24.8 Å². The Morgan fingerprint density at radius 3 is 2.32 bits per heavy atom. The molecule has 0 fully saturated rings. The first kappa shape index (κ1) is 24.4. The summed E-state index contributed by atoms with van der Waals surface area (Å²) in [5, 5.41) is 4.94. The molecule has 1 unspecified atom stereocenters. The van der Waals surface area contributed by atoms with Gasteiger partial charge >= 0.3 is 6.09 Å². The lowest BCUT2D eigenvalue weighted by Crippen LogP contribution is -2.46. The van der Waals surface area contributed by atoms with E-state index < -0.39 is 11.5 Å². The van der Waals surface area contributed by atoms with Crippen molar-refractivity contribution < 1.29 is 23.8 Å². The van der Waals surface area contributed by atoms with E-state index in [2.05, 4.69) is 10.6 Å². The molecule has 2 amide bonds. The molecule has 2 N–H and O–H groups in total. The molecule has 2 rings (SSSR count). The Bertz CT molecular complexity index is 845. The number of ether oxygens (including phenoxy) is 3. The average Bonchev–Trinajstić information content (AvgIpc) is 2.77. The number of rotatable bonds is 11. The van der Waals surface area contributed by atoms with Crippen LogP contribution in [0.1, 0.15) is 25.0 Å². The third-order valence-corrected chi connectivity index (χ3v) is 5.42. The minimum Gasteiger partial charge on any atom is -0.493 e. The molecule has 0 bridgehead atoms. The second kappa shape index (κ2) is 12.7. The van der Waals surface area contributed by atoms with Gasteiger partial charge in [0.1, 0.15) is 6.61 Å². The van der Waals surface area contributed by atoms with Crippen molar-refractivity contribution in [3.8, 4) is 11.5 Å². The van der Waals surface area contributed by atoms with Gasteiger partial charge in [0.05, 0.1) is 14.2 Å². The molecule has 7 nitrogen and oxygen atoms in total. The molecule has 0 saturated carbocycles. The second-order valence-corrected chi connectivity index (χ2v) is 8.69. The zero-order valence-electron chi connectivity index (χ0n) is 18.3. The molecule has 0 spiro atoms. The van der Waals surface area contributed by atoms with Crippen LogP contribution in [0, 0.1) is 0 Å². The number of alkyl carbamates (subject to hydrolysis) is 1. The standard InChI is InChI=1S/C23H30N2O5S/c1-16(2)31-22(25-23(27)30-15-18-8-6-5-7-9-18)21(26)24-13-12-17-10-11-19(28-3)20(14-17)29-4/h5-11,14,16,22H,12-13,15H2,1-4H3,(H,24,26)(H,25,27). The number of carbonyl (C=O) groups is 2. The molecule has 0 aliphatic heterocycles. The number of benzene rings is 2. The summed E-state index contributed by atoms with van der Waals surface area (Å²) in [6.45, 7) is 4.49. The lowest BCUT2D eigenvalue weighted by molar-refractivity contribution is -0.121. The van der Waals surface area contributed by atoms with Crippen LogP contribution in [0.3, 0.4) is 0 Å².